The van der Waals surface area contributed by atoms with E-state index in [0.29, 0.717) is 22.2 Å². The summed E-state index contributed by atoms with van der Waals surface area (Å²) in [6, 6.07) is 15.8. The highest BCUT2D eigenvalue weighted by molar-refractivity contribution is 8.17. The number of thioether (sulfide) groups is 1. The molecule has 1 aliphatic rings. The second-order valence-electron chi connectivity index (χ2n) is 6.37. The quantitative estimate of drug-likeness (QED) is 0.361. The molecule has 6 nitrogen and oxygen atoms in total. The summed E-state index contributed by atoms with van der Waals surface area (Å²) in [4.78, 5) is 18.3. The summed E-state index contributed by atoms with van der Waals surface area (Å²) >= 11 is 1.22. The molecule has 0 radical (unpaired) electrons. The summed E-state index contributed by atoms with van der Waals surface area (Å²) in [6.07, 6.45) is 1.82. The maximum atomic E-state index is 13.0. The van der Waals surface area contributed by atoms with Gasteiger partial charge in [0.25, 0.3) is 0 Å². The molecule has 0 saturated carbocycles. The van der Waals surface area contributed by atoms with Gasteiger partial charge in [-0.25, -0.2) is 5.43 Å². The number of hydrazine groups is 1. The van der Waals surface area contributed by atoms with Crippen LogP contribution in [0.4, 0.5) is 0 Å². The van der Waals surface area contributed by atoms with Gasteiger partial charge in [0.2, 0.25) is 11.0 Å². The monoisotopic (exact) mass is 393 g/mol. The van der Waals surface area contributed by atoms with E-state index in [4.69, 9.17) is 10.8 Å². The van der Waals surface area contributed by atoms with Crippen LogP contribution in [0.15, 0.2) is 69.6 Å². The molecule has 144 valence electrons. The first-order valence-corrected chi connectivity index (χ1v) is 9.67. The number of nitrogens with zero attached hydrogens (tertiary/aromatic N) is 3. The predicted molar refractivity (Wildman–Crippen MR) is 116 cm³/mol. The number of allylic oxidation sites excluding steroid dienone is 2. The van der Waals surface area contributed by atoms with Crippen LogP contribution in [0.1, 0.15) is 27.0 Å². The Hall–Kier alpha value is -2.90. The van der Waals surface area contributed by atoms with Crippen molar-refractivity contribution < 1.29 is 4.79 Å². The summed E-state index contributed by atoms with van der Waals surface area (Å²) in [5.74, 6) is 5.45. The summed E-state index contributed by atoms with van der Waals surface area (Å²) in [6.45, 7) is 2.60. The number of ketones is 1. The Labute approximate surface area is 169 Å². The van der Waals surface area contributed by atoms with Crippen molar-refractivity contribution in [1.82, 2.24) is 10.4 Å². The number of carbonyl (C=O) groups is 1. The number of hydrogen-bond acceptors (Lipinski definition) is 6. The topological polar surface area (TPSA) is 83.1 Å². The molecule has 3 rings (SSSR count). The smallest absolute Gasteiger partial charge is 0.201 e. The number of rotatable bonds is 4. The lowest BCUT2D eigenvalue weighted by atomic mass is 9.94. The van der Waals surface area contributed by atoms with Crippen LogP contribution in [0.25, 0.3) is 0 Å². The van der Waals surface area contributed by atoms with Crippen molar-refractivity contribution in [2.45, 2.75) is 13.5 Å². The van der Waals surface area contributed by atoms with E-state index in [0.717, 1.165) is 16.8 Å². The lowest BCUT2D eigenvalue weighted by Gasteiger charge is -2.21. The highest BCUT2D eigenvalue weighted by Crippen LogP contribution is 2.30. The minimum atomic E-state index is -0.0551. The van der Waals surface area contributed by atoms with Gasteiger partial charge < -0.3 is 5.84 Å². The van der Waals surface area contributed by atoms with E-state index in [9.17, 15) is 4.79 Å². The number of Topliss-reactive ketones (excluding diaryl/α,β-unsaturated/α-hetero) is 1. The minimum Gasteiger partial charge on any atom is -0.321 e. The van der Waals surface area contributed by atoms with Gasteiger partial charge in [-0.3, -0.25) is 14.8 Å². The van der Waals surface area contributed by atoms with E-state index in [1.165, 1.54) is 17.3 Å². The molecular formula is C21H23N5OS. The molecule has 0 amide bonds. The second kappa shape index (κ2) is 8.86. The lowest BCUT2D eigenvalue weighted by Crippen LogP contribution is -2.36. The number of hydrazone groups is 1. The number of aryl methyl sites for hydroxylation is 1. The molecule has 3 N–H and O–H groups in total. The molecule has 0 bridgehead atoms. The normalized spacial score (nSPS) is 15.4. The lowest BCUT2D eigenvalue weighted by molar-refractivity contribution is 0.104. The van der Waals surface area contributed by atoms with E-state index in [-0.39, 0.29) is 5.78 Å². The van der Waals surface area contributed by atoms with Crippen LogP contribution in [0, 0.1) is 6.92 Å². The number of carbonyl (C=O) groups excluding carboxylic acids is 1. The van der Waals surface area contributed by atoms with Crippen LogP contribution >= 0.6 is 11.8 Å². The Bertz CT molecular complexity index is 963. The van der Waals surface area contributed by atoms with Gasteiger partial charge in [-0.15, -0.1) is 0 Å². The standard InChI is InChI=1S/C21H23N5OS/c1-14-8-10-15(11-9-14)13-24-18-12-19(28-21(25-22)26(3)23-2)20(27)17-7-5-4-6-16(17)18/h4-12,23H,13,22H2,1-3H3. The first-order valence-electron chi connectivity index (χ1n) is 8.86. The molecule has 0 aliphatic heterocycles. The Morgan fingerprint density at radius 3 is 2.46 bits per heavy atom. The van der Waals surface area contributed by atoms with Gasteiger partial charge in [-0.05, 0) is 30.3 Å². The van der Waals surface area contributed by atoms with Gasteiger partial charge in [-0.1, -0.05) is 54.1 Å². The Morgan fingerprint density at radius 2 is 1.82 bits per heavy atom. The van der Waals surface area contributed by atoms with Crippen LogP contribution in [-0.2, 0) is 6.54 Å². The molecule has 0 fully saturated rings. The van der Waals surface area contributed by atoms with Gasteiger partial charge >= 0.3 is 0 Å². The molecule has 0 spiro atoms. The van der Waals surface area contributed by atoms with Gasteiger partial charge in [0, 0.05) is 25.2 Å². The molecule has 2 aromatic rings. The first-order chi connectivity index (χ1) is 13.5. The van der Waals surface area contributed by atoms with Gasteiger partial charge in [-0.2, -0.15) is 5.10 Å². The third-order valence-corrected chi connectivity index (χ3v) is 5.51. The number of fused-ring (bicyclic) bond motifs is 1. The zero-order chi connectivity index (χ0) is 20.1. The van der Waals surface area contributed by atoms with Crippen molar-refractivity contribution in [2.24, 2.45) is 15.9 Å². The average molecular weight is 394 g/mol. The van der Waals surface area contributed by atoms with Crippen LogP contribution in [0.2, 0.25) is 0 Å². The van der Waals surface area contributed by atoms with E-state index in [1.54, 1.807) is 19.1 Å². The van der Waals surface area contributed by atoms with Crippen molar-refractivity contribution in [3.63, 3.8) is 0 Å². The molecule has 7 heteroatoms. The van der Waals surface area contributed by atoms with Crippen LogP contribution in [0.3, 0.4) is 0 Å². The summed E-state index contributed by atoms with van der Waals surface area (Å²) in [7, 11) is 3.54. The zero-order valence-electron chi connectivity index (χ0n) is 16.1. The third-order valence-electron chi connectivity index (χ3n) is 4.43. The number of amidine groups is 1. The molecular weight excluding hydrogens is 370 g/mol. The fourth-order valence-electron chi connectivity index (χ4n) is 2.76. The van der Waals surface area contributed by atoms with Crippen molar-refractivity contribution >= 4 is 28.4 Å². The van der Waals surface area contributed by atoms with Crippen molar-refractivity contribution in [3.8, 4) is 0 Å². The molecule has 2 aromatic carbocycles. The van der Waals surface area contributed by atoms with Gasteiger partial charge in [0.15, 0.2) is 0 Å². The molecule has 0 atom stereocenters. The fraction of sp³-hybridized carbons (Fsp3) is 0.190. The molecule has 0 aromatic heterocycles. The maximum Gasteiger partial charge on any atom is 0.201 e. The van der Waals surface area contributed by atoms with E-state index < -0.39 is 0 Å². The summed E-state index contributed by atoms with van der Waals surface area (Å²) in [5, 5.41) is 5.92. The van der Waals surface area contributed by atoms with Crippen LogP contribution < -0.4 is 11.3 Å². The molecule has 28 heavy (non-hydrogen) atoms. The maximum absolute atomic E-state index is 13.0. The Kier molecular flexibility index (Phi) is 6.28. The first kappa shape index (κ1) is 19.9. The Morgan fingerprint density at radius 1 is 1.14 bits per heavy atom. The van der Waals surface area contributed by atoms with Crippen molar-refractivity contribution in [3.05, 3.63) is 81.8 Å². The third kappa shape index (κ3) is 4.32. The molecule has 0 heterocycles. The number of benzene rings is 2. The van der Waals surface area contributed by atoms with Crippen LogP contribution in [0.5, 0.6) is 0 Å². The van der Waals surface area contributed by atoms with Gasteiger partial charge in [0.05, 0.1) is 17.2 Å². The summed E-state index contributed by atoms with van der Waals surface area (Å²) < 4.78 is 0. The molecule has 1 aliphatic carbocycles. The Balaban J connectivity index is 1.96. The van der Waals surface area contributed by atoms with Crippen LogP contribution in [-0.4, -0.2) is 35.8 Å². The van der Waals surface area contributed by atoms with E-state index in [1.807, 2.05) is 30.3 Å². The van der Waals surface area contributed by atoms with E-state index in [2.05, 4.69) is 41.7 Å². The number of aliphatic imine (C=N–C) groups is 1. The fourth-order valence-corrected chi connectivity index (χ4v) is 3.61. The second-order valence-corrected chi connectivity index (χ2v) is 7.38. The average Bonchev–Trinajstić information content (AvgIpc) is 2.73. The SMILES string of the molecule is CNN(C)C(=NN)SC1=CC(=NCc2ccc(C)cc2)c2ccccc2C1=O. The highest BCUT2D eigenvalue weighted by atomic mass is 32.2. The molecule has 0 saturated heterocycles. The molecule has 0 unspecified atom stereocenters. The highest BCUT2D eigenvalue weighted by Gasteiger charge is 2.26. The van der Waals surface area contributed by atoms with Crippen molar-refractivity contribution in [2.75, 3.05) is 14.1 Å². The summed E-state index contributed by atoms with van der Waals surface area (Å²) in [5.41, 5.74) is 7.53. The van der Waals surface area contributed by atoms with E-state index >= 15 is 0 Å². The largest absolute Gasteiger partial charge is 0.321 e. The number of nitrogens with one attached hydrogen (secondary N) is 1. The predicted octanol–water partition coefficient (Wildman–Crippen LogP) is 3.09. The number of hydrogen-bond donors (Lipinski definition) is 2. The van der Waals surface area contributed by atoms with Gasteiger partial charge in [0.1, 0.15) is 0 Å². The zero-order valence-corrected chi connectivity index (χ0v) is 17.0. The minimum absolute atomic E-state index is 0.0551. The number of nitrogens with two attached hydrogens (primary N) is 1. The van der Waals surface area contributed by atoms with Crippen molar-refractivity contribution in [1.29, 1.82) is 0 Å².